The summed E-state index contributed by atoms with van der Waals surface area (Å²) in [4.78, 5) is 47.5. The quantitative estimate of drug-likeness (QED) is 0.344. The fourth-order valence-electron chi connectivity index (χ4n) is 3.85. The summed E-state index contributed by atoms with van der Waals surface area (Å²) in [5, 5.41) is 5.73. The predicted octanol–water partition coefficient (Wildman–Crippen LogP) is -1.26. The molecule has 0 unspecified atom stereocenters. The second-order valence-corrected chi connectivity index (χ2v) is 7.38. The van der Waals surface area contributed by atoms with Crippen LogP contribution in [0.3, 0.4) is 0 Å². The molecule has 0 aliphatic carbocycles. The van der Waals surface area contributed by atoms with Crippen molar-refractivity contribution < 1.29 is 14.4 Å². The molecule has 0 aromatic carbocycles. The molecule has 4 amide bonds. The smallest absolute Gasteiger partial charge is 0.324 e. The number of amides is 4. The van der Waals surface area contributed by atoms with Crippen LogP contribution < -0.4 is 10.6 Å². The second kappa shape index (κ2) is 9.72. The molecule has 3 aliphatic rings. The minimum Gasteiger partial charge on any atom is -0.354 e. The third-order valence-corrected chi connectivity index (χ3v) is 5.51. The minimum absolute atomic E-state index is 0.0751. The van der Waals surface area contributed by atoms with Crippen molar-refractivity contribution in [3.05, 3.63) is 0 Å². The molecular weight excluding hydrogens is 362 g/mol. The molecule has 0 bridgehead atoms. The molecule has 3 saturated heterocycles. The summed E-state index contributed by atoms with van der Waals surface area (Å²) in [5.74, 6) is 0.798. The summed E-state index contributed by atoms with van der Waals surface area (Å²) in [6, 6.07) is -0.339. The van der Waals surface area contributed by atoms with Crippen molar-refractivity contribution in [2.24, 2.45) is 4.99 Å². The van der Waals surface area contributed by atoms with E-state index in [0.717, 1.165) is 58.1 Å². The van der Waals surface area contributed by atoms with Gasteiger partial charge in [0.15, 0.2) is 5.96 Å². The summed E-state index contributed by atoms with van der Waals surface area (Å²) in [7, 11) is 1.72. The Balaban J connectivity index is 1.38. The zero-order valence-corrected chi connectivity index (χ0v) is 16.7. The van der Waals surface area contributed by atoms with Gasteiger partial charge in [0, 0.05) is 59.4 Å². The van der Waals surface area contributed by atoms with Crippen LogP contribution >= 0.6 is 0 Å². The van der Waals surface area contributed by atoms with Gasteiger partial charge in [-0.1, -0.05) is 0 Å². The number of carbonyl (C=O) groups is 3. The minimum atomic E-state index is -0.339. The maximum absolute atomic E-state index is 12.4. The summed E-state index contributed by atoms with van der Waals surface area (Å²) < 4.78 is 0. The van der Waals surface area contributed by atoms with E-state index in [0.29, 0.717) is 19.6 Å². The topological polar surface area (TPSA) is 101 Å². The highest BCUT2D eigenvalue weighted by Crippen LogP contribution is 2.10. The zero-order valence-electron chi connectivity index (χ0n) is 16.7. The van der Waals surface area contributed by atoms with Gasteiger partial charge in [-0.25, -0.2) is 4.79 Å². The number of carbonyl (C=O) groups excluding carboxylic acids is 3. The summed E-state index contributed by atoms with van der Waals surface area (Å²) in [5.41, 5.74) is 0. The SMILES string of the molecule is CN=C(NCCN1C(=O)CNC1=O)N1CCN(CC(=O)N2CCCCC2)CC1. The van der Waals surface area contributed by atoms with E-state index >= 15 is 0 Å². The monoisotopic (exact) mass is 393 g/mol. The molecule has 3 rings (SSSR count). The highest BCUT2D eigenvalue weighted by atomic mass is 16.2. The lowest BCUT2D eigenvalue weighted by atomic mass is 10.1. The third kappa shape index (κ3) is 5.12. The highest BCUT2D eigenvalue weighted by Gasteiger charge is 2.28. The van der Waals surface area contributed by atoms with E-state index in [1.165, 1.54) is 11.3 Å². The van der Waals surface area contributed by atoms with E-state index in [2.05, 4.69) is 25.4 Å². The van der Waals surface area contributed by atoms with Crippen LogP contribution in [0.15, 0.2) is 4.99 Å². The van der Waals surface area contributed by atoms with Crippen LogP contribution in [0.5, 0.6) is 0 Å². The first-order valence-corrected chi connectivity index (χ1v) is 10.1. The number of nitrogens with zero attached hydrogens (tertiary/aromatic N) is 5. The average molecular weight is 393 g/mol. The maximum Gasteiger partial charge on any atom is 0.324 e. The van der Waals surface area contributed by atoms with Gasteiger partial charge >= 0.3 is 6.03 Å². The molecule has 10 heteroatoms. The van der Waals surface area contributed by atoms with Gasteiger partial charge in [0.2, 0.25) is 11.8 Å². The van der Waals surface area contributed by atoms with Crippen LogP contribution in [0.2, 0.25) is 0 Å². The van der Waals surface area contributed by atoms with Crippen LogP contribution in [-0.2, 0) is 9.59 Å². The molecular formula is C18H31N7O3. The Bertz CT molecular complexity index is 594. The summed E-state index contributed by atoms with van der Waals surface area (Å²) in [6.45, 7) is 6.33. The van der Waals surface area contributed by atoms with Crippen LogP contribution in [0.4, 0.5) is 4.79 Å². The number of hydrogen-bond donors (Lipinski definition) is 2. The molecule has 3 fully saturated rings. The first-order chi connectivity index (χ1) is 13.6. The number of hydrogen-bond acceptors (Lipinski definition) is 5. The predicted molar refractivity (Wildman–Crippen MR) is 105 cm³/mol. The van der Waals surface area contributed by atoms with Crippen LogP contribution in [0.25, 0.3) is 0 Å². The first kappa shape index (κ1) is 20.4. The highest BCUT2D eigenvalue weighted by molar-refractivity contribution is 6.01. The van der Waals surface area contributed by atoms with E-state index < -0.39 is 0 Å². The standard InChI is InChI=1S/C18H31N7O3/c1-19-17(20-5-8-25-15(26)13-21-18(25)28)24-11-9-22(10-12-24)14-16(27)23-6-3-2-4-7-23/h2-14H2,1H3,(H,19,20)(H,21,28). The number of imide groups is 1. The number of piperidine rings is 1. The Morgan fingerprint density at radius 2 is 1.75 bits per heavy atom. The molecule has 3 aliphatic heterocycles. The Kier molecular flexibility index (Phi) is 7.07. The van der Waals surface area contributed by atoms with E-state index in [1.807, 2.05) is 4.90 Å². The average Bonchev–Trinajstić information content (AvgIpc) is 3.04. The number of guanidine groups is 1. The normalized spacial score (nSPS) is 21.9. The number of piperazine rings is 1. The van der Waals surface area contributed by atoms with E-state index in [1.54, 1.807) is 7.05 Å². The van der Waals surface area contributed by atoms with Gasteiger partial charge in [-0.3, -0.25) is 24.4 Å². The van der Waals surface area contributed by atoms with Crippen molar-refractivity contribution >= 4 is 23.8 Å². The number of rotatable bonds is 5. The largest absolute Gasteiger partial charge is 0.354 e. The molecule has 0 spiro atoms. The van der Waals surface area contributed by atoms with Crippen LogP contribution in [-0.4, -0.2) is 116 Å². The van der Waals surface area contributed by atoms with Crippen molar-refractivity contribution in [2.75, 3.05) is 72.5 Å². The lowest BCUT2D eigenvalue weighted by Gasteiger charge is -2.37. The number of urea groups is 1. The molecule has 0 saturated carbocycles. The Labute approximate surface area is 165 Å². The van der Waals surface area contributed by atoms with Crippen LogP contribution in [0, 0.1) is 0 Å². The molecule has 0 aromatic heterocycles. The van der Waals surface area contributed by atoms with Gasteiger partial charge in [-0.05, 0) is 19.3 Å². The maximum atomic E-state index is 12.4. The lowest BCUT2D eigenvalue weighted by Crippen LogP contribution is -2.55. The van der Waals surface area contributed by atoms with Gasteiger partial charge in [0.1, 0.15) is 0 Å². The van der Waals surface area contributed by atoms with Gasteiger partial charge in [-0.15, -0.1) is 0 Å². The Morgan fingerprint density at radius 1 is 1.04 bits per heavy atom. The third-order valence-electron chi connectivity index (χ3n) is 5.51. The lowest BCUT2D eigenvalue weighted by molar-refractivity contribution is -0.133. The Hall–Kier alpha value is -2.36. The van der Waals surface area contributed by atoms with Gasteiger partial charge < -0.3 is 20.4 Å². The zero-order chi connectivity index (χ0) is 19.9. The van der Waals surface area contributed by atoms with Crippen molar-refractivity contribution in [3.63, 3.8) is 0 Å². The first-order valence-electron chi connectivity index (χ1n) is 10.1. The number of nitrogens with one attached hydrogen (secondary N) is 2. The summed E-state index contributed by atoms with van der Waals surface area (Å²) >= 11 is 0. The molecule has 2 N–H and O–H groups in total. The summed E-state index contributed by atoms with van der Waals surface area (Å²) in [6.07, 6.45) is 3.46. The number of likely N-dealkylation sites (tertiary alicyclic amines) is 1. The molecule has 0 radical (unpaired) electrons. The van der Waals surface area contributed by atoms with Gasteiger partial charge in [0.05, 0.1) is 13.1 Å². The fourth-order valence-corrected chi connectivity index (χ4v) is 3.85. The van der Waals surface area contributed by atoms with Crippen molar-refractivity contribution in [2.45, 2.75) is 19.3 Å². The molecule has 0 aromatic rings. The van der Waals surface area contributed by atoms with Crippen molar-refractivity contribution in [1.82, 2.24) is 30.2 Å². The molecule has 10 nitrogen and oxygen atoms in total. The molecule has 0 atom stereocenters. The fraction of sp³-hybridized carbons (Fsp3) is 0.778. The van der Waals surface area contributed by atoms with Crippen molar-refractivity contribution in [3.8, 4) is 0 Å². The van der Waals surface area contributed by atoms with Crippen molar-refractivity contribution in [1.29, 1.82) is 0 Å². The number of aliphatic imine (C=N–C) groups is 1. The molecule has 156 valence electrons. The van der Waals surface area contributed by atoms with E-state index in [9.17, 15) is 14.4 Å². The van der Waals surface area contributed by atoms with E-state index in [-0.39, 0.29) is 24.4 Å². The molecule has 3 heterocycles. The second-order valence-electron chi connectivity index (χ2n) is 7.38. The van der Waals surface area contributed by atoms with Crippen LogP contribution in [0.1, 0.15) is 19.3 Å². The Morgan fingerprint density at radius 3 is 2.36 bits per heavy atom. The van der Waals surface area contributed by atoms with Gasteiger partial charge in [-0.2, -0.15) is 0 Å². The van der Waals surface area contributed by atoms with E-state index in [4.69, 9.17) is 0 Å². The van der Waals surface area contributed by atoms with Gasteiger partial charge in [0.25, 0.3) is 0 Å². The molecule has 28 heavy (non-hydrogen) atoms.